The van der Waals surface area contributed by atoms with E-state index in [-0.39, 0.29) is 24.2 Å². The van der Waals surface area contributed by atoms with E-state index in [9.17, 15) is 4.79 Å². The SMILES string of the molecule is COc1cccc(OC(C)CNC(=O)[C@H]2NCCO[C@@H]2C)c1. The molecule has 0 saturated carbocycles. The van der Waals surface area contributed by atoms with Gasteiger partial charge in [0.1, 0.15) is 23.6 Å². The number of morpholine rings is 1. The van der Waals surface area contributed by atoms with E-state index < -0.39 is 0 Å². The lowest BCUT2D eigenvalue weighted by Gasteiger charge is -2.29. The van der Waals surface area contributed by atoms with Gasteiger partial charge < -0.3 is 24.8 Å². The van der Waals surface area contributed by atoms with E-state index in [1.54, 1.807) is 7.11 Å². The fourth-order valence-electron chi connectivity index (χ4n) is 2.33. The molecule has 1 amide bonds. The van der Waals surface area contributed by atoms with Crippen molar-refractivity contribution in [2.45, 2.75) is 32.1 Å². The van der Waals surface area contributed by atoms with Gasteiger partial charge in [-0.25, -0.2) is 0 Å². The summed E-state index contributed by atoms with van der Waals surface area (Å²) in [6, 6.07) is 7.09. The summed E-state index contributed by atoms with van der Waals surface area (Å²) in [5, 5.41) is 6.06. The molecule has 0 spiro atoms. The van der Waals surface area contributed by atoms with E-state index in [0.717, 1.165) is 5.75 Å². The van der Waals surface area contributed by atoms with Crippen LogP contribution in [0.5, 0.6) is 11.5 Å². The van der Waals surface area contributed by atoms with Crippen molar-refractivity contribution in [3.63, 3.8) is 0 Å². The second kappa shape index (κ2) is 8.00. The zero-order valence-corrected chi connectivity index (χ0v) is 13.3. The van der Waals surface area contributed by atoms with Gasteiger partial charge in [-0.2, -0.15) is 0 Å². The van der Waals surface area contributed by atoms with E-state index in [4.69, 9.17) is 14.2 Å². The van der Waals surface area contributed by atoms with Crippen molar-refractivity contribution < 1.29 is 19.0 Å². The molecule has 1 aliphatic heterocycles. The monoisotopic (exact) mass is 308 g/mol. The number of nitrogens with one attached hydrogen (secondary N) is 2. The second-order valence-corrected chi connectivity index (χ2v) is 5.36. The first-order valence-electron chi connectivity index (χ1n) is 7.53. The van der Waals surface area contributed by atoms with Gasteiger partial charge in [0.05, 0.1) is 26.4 Å². The summed E-state index contributed by atoms with van der Waals surface area (Å²) in [7, 11) is 1.61. The summed E-state index contributed by atoms with van der Waals surface area (Å²) < 4.78 is 16.4. The molecule has 3 atom stereocenters. The Kier molecular flexibility index (Phi) is 6.03. The fraction of sp³-hybridized carbons (Fsp3) is 0.562. The Bertz CT molecular complexity index is 495. The van der Waals surface area contributed by atoms with Crippen molar-refractivity contribution >= 4 is 5.91 Å². The molecule has 6 heteroatoms. The van der Waals surface area contributed by atoms with Crippen molar-refractivity contribution in [1.82, 2.24) is 10.6 Å². The molecule has 0 radical (unpaired) electrons. The maximum absolute atomic E-state index is 12.1. The minimum Gasteiger partial charge on any atom is -0.497 e. The van der Waals surface area contributed by atoms with Crippen LogP contribution in [0.15, 0.2) is 24.3 Å². The molecule has 0 bridgehead atoms. The zero-order valence-electron chi connectivity index (χ0n) is 13.3. The highest BCUT2D eigenvalue weighted by molar-refractivity contribution is 5.82. The van der Waals surface area contributed by atoms with Gasteiger partial charge in [-0.05, 0) is 26.0 Å². The number of ether oxygens (including phenoxy) is 3. The van der Waals surface area contributed by atoms with E-state index >= 15 is 0 Å². The molecule has 2 N–H and O–H groups in total. The number of hydrogen-bond donors (Lipinski definition) is 2. The summed E-state index contributed by atoms with van der Waals surface area (Å²) in [6.45, 7) is 5.57. The van der Waals surface area contributed by atoms with E-state index in [0.29, 0.717) is 25.4 Å². The molecule has 1 saturated heterocycles. The van der Waals surface area contributed by atoms with Crippen LogP contribution < -0.4 is 20.1 Å². The largest absolute Gasteiger partial charge is 0.497 e. The fourth-order valence-corrected chi connectivity index (χ4v) is 2.33. The van der Waals surface area contributed by atoms with Crippen LogP contribution in [-0.2, 0) is 9.53 Å². The summed E-state index contributed by atoms with van der Waals surface area (Å²) >= 11 is 0. The quantitative estimate of drug-likeness (QED) is 0.819. The molecule has 1 unspecified atom stereocenters. The van der Waals surface area contributed by atoms with Crippen molar-refractivity contribution in [2.24, 2.45) is 0 Å². The van der Waals surface area contributed by atoms with Crippen LogP contribution in [0.2, 0.25) is 0 Å². The first-order valence-corrected chi connectivity index (χ1v) is 7.53. The summed E-state index contributed by atoms with van der Waals surface area (Å²) in [6.07, 6.45) is -0.265. The highest BCUT2D eigenvalue weighted by Gasteiger charge is 2.28. The third-order valence-corrected chi connectivity index (χ3v) is 3.54. The number of carbonyl (C=O) groups excluding carboxylic acids is 1. The van der Waals surface area contributed by atoms with Crippen molar-refractivity contribution in [1.29, 1.82) is 0 Å². The molecule has 1 aromatic rings. The van der Waals surface area contributed by atoms with Crippen LogP contribution in [0.1, 0.15) is 13.8 Å². The van der Waals surface area contributed by atoms with Crippen LogP contribution in [-0.4, -0.2) is 51.0 Å². The molecule has 6 nitrogen and oxygen atoms in total. The Labute approximate surface area is 131 Å². The van der Waals surface area contributed by atoms with Crippen LogP contribution in [0.25, 0.3) is 0 Å². The molecule has 0 aromatic heterocycles. The minimum atomic E-state index is -0.308. The number of rotatable bonds is 6. The number of methoxy groups -OCH3 is 1. The maximum Gasteiger partial charge on any atom is 0.239 e. The minimum absolute atomic E-state index is 0.0618. The molecule has 0 aliphatic carbocycles. The van der Waals surface area contributed by atoms with Crippen molar-refractivity contribution in [2.75, 3.05) is 26.8 Å². The van der Waals surface area contributed by atoms with Crippen molar-refractivity contribution in [3.05, 3.63) is 24.3 Å². The third kappa shape index (κ3) is 4.61. The molecule has 22 heavy (non-hydrogen) atoms. The Morgan fingerprint density at radius 3 is 3.00 bits per heavy atom. The third-order valence-electron chi connectivity index (χ3n) is 3.54. The summed E-state index contributed by atoms with van der Waals surface area (Å²) in [5.74, 6) is 1.40. The van der Waals surface area contributed by atoms with Crippen LogP contribution in [0.3, 0.4) is 0 Å². The van der Waals surface area contributed by atoms with Gasteiger partial charge in [-0.1, -0.05) is 6.07 Å². The highest BCUT2D eigenvalue weighted by Crippen LogP contribution is 2.19. The molecule has 122 valence electrons. The van der Waals surface area contributed by atoms with Gasteiger partial charge in [0.25, 0.3) is 0 Å². The number of benzene rings is 1. The predicted octanol–water partition coefficient (Wildman–Crippen LogP) is 0.956. The molecule has 1 aliphatic rings. The molecule has 2 rings (SSSR count). The second-order valence-electron chi connectivity index (χ2n) is 5.36. The zero-order chi connectivity index (χ0) is 15.9. The first kappa shape index (κ1) is 16.6. The van der Waals surface area contributed by atoms with E-state index in [2.05, 4.69) is 10.6 Å². The smallest absolute Gasteiger partial charge is 0.239 e. The summed E-state index contributed by atoms with van der Waals surface area (Å²) in [4.78, 5) is 12.1. The van der Waals surface area contributed by atoms with Gasteiger partial charge in [-0.3, -0.25) is 4.79 Å². The Morgan fingerprint density at radius 2 is 2.27 bits per heavy atom. The standard InChI is InChI=1S/C16H24N2O4/c1-11(22-14-6-4-5-13(9-14)20-3)10-18-16(19)15-12(2)21-8-7-17-15/h4-6,9,11-12,15,17H,7-8,10H2,1-3H3,(H,18,19)/t11?,12-,15+/m1/s1. The number of amides is 1. The lowest BCUT2D eigenvalue weighted by atomic mass is 10.1. The lowest BCUT2D eigenvalue weighted by Crippen LogP contribution is -2.56. The first-order chi connectivity index (χ1) is 10.6. The van der Waals surface area contributed by atoms with E-state index in [1.807, 2.05) is 38.1 Å². The average molecular weight is 308 g/mol. The number of carbonyl (C=O) groups is 1. The van der Waals surface area contributed by atoms with Crippen LogP contribution >= 0.6 is 0 Å². The molecular formula is C16H24N2O4. The molecular weight excluding hydrogens is 284 g/mol. The highest BCUT2D eigenvalue weighted by atomic mass is 16.5. The normalized spacial score (nSPS) is 22.7. The molecule has 1 fully saturated rings. The van der Waals surface area contributed by atoms with Gasteiger partial charge in [0.15, 0.2) is 0 Å². The summed E-state index contributed by atoms with van der Waals surface area (Å²) in [5.41, 5.74) is 0. The van der Waals surface area contributed by atoms with Gasteiger partial charge in [0, 0.05) is 12.6 Å². The lowest BCUT2D eigenvalue weighted by molar-refractivity contribution is -0.129. The maximum atomic E-state index is 12.1. The Morgan fingerprint density at radius 1 is 1.50 bits per heavy atom. The topological polar surface area (TPSA) is 68.8 Å². The van der Waals surface area contributed by atoms with Crippen molar-refractivity contribution in [3.8, 4) is 11.5 Å². The molecule has 1 aromatic carbocycles. The van der Waals surface area contributed by atoms with Crippen LogP contribution in [0, 0.1) is 0 Å². The van der Waals surface area contributed by atoms with Gasteiger partial charge >= 0.3 is 0 Å². The molecule has 1 heterocycles. The number of hydrogen-bond acceptors (Lipinski definition) is 5. The predicted molar refractivity (Wildman–Crippen MR) is 83.3 cm³/mol. The Hall–Kier alpha value is -1.79. The van der Waals surface area contributed by atoms with E-state index in [1.165, 1.54) is 0 Å². The van der Waals surface area contributed by atoms with Gasteiger partial charge in [-0.15, -0.1) is 0 Å². The van der Waals surface area contributed by atoms with Crippen LogP contribution in [0.4, 0.5) is 0 Å². The average Bonchev–Trinajstić information content (AvgIpc) is 2.53. The van der Waals surface area contributed by atoms with Gasteiger partial charge in [0.2, 0.25) is 5.91 Å². The Balaban J connectivity index is 1.79.